The minimum absolute atomic E-state index is 0.118. The maximum atomic E-state index is 6.72. The van der Waals surface area contributed by atoms with Gasteiger partial charge in [-0.2, -0.15) is 7.26 Å². The quantitative estimate of drug-likeness (QED) is 0.0666. The fourth-order valence-electron chi connectivity index (χ4n) is 8.57. The van der Waals surface area contributed by atoms with Crippen molar-refractivity contribution in [2.45, 2.75) is 77.4 Å². The molecule has 0 aliphatic carbocycles. The summed E-state index contributed by atoms with van der Waals surface area (Å²) in [6.45, 7) is 16.0. The zero-order valence-corrected chi connectivity index (χ0v) is 32.1. The maximum Gasteiger partial charge on any atom is 0.294 e. The second-order valence-electron chi connectivity index (χ2n) is 14.8. The van der Waals surface area contributed by atoms with Crippen LogP contribution in [0.2, 0.25) is 0 Å². The molecule has 6 aromatic rings. The van der Waals surface area contributed by atoms with Crippen LogP contribution in [0.5, 0.6) is 0 Å². The molecule has 50 heavy (non-hydrogen) atoms. The van der Waals surface area contributed by atoms with E-state index < -0.39 is 0 Å². The maximum absolute atomic E-state index is 6.72. The van der Waals surface area contributed by atoms with Crippen molar-refractivity contribution in [3.63, 3.8) is 0 Å². The Labute approximate surface area is 310 Å². The van der Waals surface area contributed by atoms with Gasteiger partial charge in [-0.05, 0) is 54.5 Å². The van der Waals surface area contributed by atoms with Gasteiger partial charge in [0.25, 0.3) is 28.7 Å². The number of hydrogen-bond donors (Lipinski definition) is 0. The molecule has 2 aromatic heterocycles. The van der Waals surface area contributed by atoms with Crippen LogP contribution < -0.4 is 7.26 Å². The molecular formula is C44H47IN4O+2. The number of hydrogen-bond acceptors (Lipinski definition) is 2. The summed E-state index contributed by atoms with van der Waals surface area (Å²) in [4.78, 5) is 2.30. The fraction of sp³-hybridized carbons (Fsp3) is 0.295. The van der Waals surface area contributed by atoms with Crippen LogP contribution in [0.1, 0.15) is 87.1 Å². The van der Waals surface area contributed by atoms with Crippen molar-refractivity contribution < 1.29 is 8.98 Å². The number of imidazole rings is 1. The van der Waals surface area contributed by atoms with Crippen molar-refractivity contribution in [2.24, 2.45) is 0 Å². The molecule has 0 saturated heterocycles. The van der Waals surface area contributed by atoms with Gasteiger partial charge in [0.2, 0.25) is 0 Å². The number of nitrogens with zero attached hydrogens (tertiary/aromatic N) is 4. The predicted molar refractivity (Wildman–Crippen MR) is 216 cm³/mol. The topological polar surface area (TPSA) is 25.2 Å². The van der Waals surface area contributed by atoms with Gasteiger partial charge < -0.3 is 9.32 Å². The van der Waals surface area contributed by atoms with E-state index in [4.69, 9.17) is 4.42 Å². The number of rotatable bonds is 8. The molecule has 0 spiro atoms. The van der Waals surface area contributed by atoms with Crippen LogP contribution in [-0.2, 0) is 6.42 Å². The molecule has 8 rings (SSSR count). The summed E-state index contributed by atoms with van der Waals surface area (Å²) in [5.74, 6) is 2.31. The van der Waals surface area contributed by atoms with Gasteiger partial charge in [-0.3, -0.25) is 0 Å². The third kappa shape index (κ3) is 5.01. The summed E-state index contributed by atoms with van der Waals surface area (Å²) >= 11 is 2.63. The standard InChI is InChI=1S/C44H47IN4O/c1-8-39-35(22-20-31-21-23-37-36-15-11-12-19-40(36)50-43(37)42(31)49(45)27-26-46(7)30(49)6)34-14-9-10-16-38(34)44-47(39)24-25-48(44)41-32(28(2)3)17-13-18-33(41)29(4)5/h8-19,21,23-30,35,39H,1,20,22H2,2-7H3/q+2. The van der Waals surface area contributed by atoms with Gasteiger partial charge in [0.05, 0.1) is 11.8 Å². The Bertz CT molecular complexity index is 2270. The molecule has 6 heteroatoms. The Morgan fingerprint density at radius 1 is 0.920 bits per heavy atom. The average Bonchev–Trinajstić information content (AvgIpc) is 3.80. The fourth-order valence-corrected chi connectivity index (χ4v) is 9.64. The number of benzene rings is 4. The second-order valence-corrected chi connectivity index (χ2v) is 16.4. The van der Waals surface area contributed by atoms with E-state index in [0.717, 1.165) is 24.0 Å². The first-order valence-corrected chi connectivity index (χ1v) is 19.0. The molecule has 4 heterocycles. The third-order valence-corrected chi connectivity index (χ3v) is 12.9. The number of fused-ring (bicyclic) bond motifs is 6. The average molecular weight is 775 g/mol. The number of aromatic nitrogens is 2. The van der Waals surface area contributed by atoms with Gasteiger partial charge in [0.15, 0.2) is 17.4 Å². The summed E-state index contributed by atoms with van der Waals surface area (Å²) in [5, 5.41) is 2.35. The van der Waals surface area contributed by atoms with Gasteiger partial charge in [-0.25, -0.2) is 4.57 Å². The van der Waals surface area contributed by atoms with Crippen LogP contribution in [0.15, 0.2) is 121 Å². The molecule has 4 unspecified atom stereocenters. The van der Waals surface area contributed by atoms with Crippen molar-refractivity contribution >= 4 is 50.5 Å². The molecular weight excluding hydrogens is 727 g/mol. The van der Waals surface area contributed by atoms with Crippen molar-refractivity contribution in [3.05, 3.63) is 139 Å². The van der Waals surface area contributed by atoms with Crippen LogP contribution in [0.3, 0.4) is 0 Å². The van der Waals surface area contributed by atoms with Gasteiger partial charge in [-0.15, -0.1) is 0 Å². The van der Waals surface area contributed by atoms with Crippen LogP contribution in [-0.4, -0.2) is 22.7 Å². The molecule has 0 fully saturated rings. The Kier molecular flexibility index (Phi) is 8.30. The normalized spacial score (nSPS) is 21.5. The molecule has 2 aliphatic rings. The lowest BCUT2D eigenvalue weighted by molar-refractivity contribution is -0.706. The number of aryl methyl sites for hydroxylation is 1. The molecule has 0 radical (unpaired) electrons. The van der Waals surface area contributed by atoms with E-state index in [1.165, 1.54) is 55.8 Å². The molecule has 0 N–H and O–H groups in total. The second kappa shape index (κ2) is 12.6. The summed E-state index contributed by atoms with van der Waals surface area (Å²) in [5.41, 5.74) is 11.3. The number of furan rings is 1. The lowest BCUT2D eigenvalue weighted by atomic mass is 9.80. The molecule has 2 aliphatic heterocycles. The summed E-state index contributed by atoms with van der Waals surface area (Å²) in [6.07, 6.45) is 13.4. The zero-order chi connectivity index (χ0) is 34.9. The first-order valence-electron chi connectivity index (χ1n) is 18.0. The number of allylic oxidation sites excluding steroid dienone is 1. The highest BCUT2D eigenvalue weighted by molar-refractivity contribution is 14.1. The van der Waals surface area contributed by atoms with E-state index in [1.54, 1.807) is 0 Å². The monoisotopic (exact) mass is 774 g/mol. The van der Waals surface area contributed by atoms with Gasteiger partial charge in [0.1, 0.15) is 35.9 Å². The Balaban J connectivity index is 1.25. The number of quaternary nitrogens is 1. The van der Waals surface area contributed by atoms with Crippen LogP contribution in [0.4, 0.5) is 5.69 Å². The lowest BCUT2D eigenvalue weighted by Gasteiger charge is -2.33. The van der Waals surface area contributed by atoms with E-state index in [9.17, 15) is 0 Å². The summed E-state index contributed by atoms with van der Waals surface area (Å²) in [7, 11) is 2.16. The summed E-state index contributed by atoms with van der Waals surface area (Å²) in [6, 6.07) is 29.1. The molecule has 0 amide bonds. The van der Waals surface area contributed by atoms with E-state index in [1.807, 2.05) is 0 Å². The molecule has 254 valence electrons. The van der Waals surface area contributed by atoms with Crippen molar-refractivity contribution in [2.75, 3.05) is 7.05 Å². The Hall–Kier alpha value is -4.14. The highest BCUT2D eigenvalue weighted by Crippen LogP contribution is 2.49. The van der Waals surface area contributed by atoms with E-state index in [-0.39, 0.29) is 18.1 Å². The highest BCUT2D eigenvalue weighted by atomic mass is 127. The summed E-state index contributed by atoms with van der Waals surface area (Å²) < 4.78 is 12.3. The molecule has 4 atom stereocenters. The Morgan fingerprint density at radius 2 is 1.64 bits per heavy atom. The SMILES string of the molecule is C=CC1C(CCc2ccc3c(oc4ccccc43)c2[N+]2(I)C=CN(C)C2C)c2ccccc2-c2n(-c3c(C(C)C)cccc3C(C)C)cc[n+]21. The van der Waals surface area contributed by atoms with Crippen LogP contribution >= 0.6 is 22.9 Å². The van der Waals surface area contributed by atoms with Crippen LogP contribution in [0.25, 0.3) is 39.0 Å². The largest absolute Gasteiger partial charge is 0.450 e. The predicted octanol–water partition coefficient (Wildman–Crippen LogP) is 11.5. The Morgan fingerprint density at radius 3 is 2.34 bits per heavy atom. The zero-order valence-electron chi connectivity index (χ0n) is 30.0. The van der Waals surface area contributed by atoms with Crippen molar-refractivity contribution in [1.82, 2.24) is 12.2 Å². The van der Waals surface area contributed by atoms with Crippen molar-refractivity contribution in [1.29, 1.82) is 0 Å². The van der Waals surface area contributed by atoms with Crippen LogP contribution in [0, 0.1) is 0 Å². The first kappa shape index (κ1) is 33.0. The molecule has 0 bridgehead atoms. The minimum atomic E-state index is 0.118. The first-order chi connectivity index (χ1) is 24.1. The van der Waals surface area contributed by atoms with Crippen molar-refractivity contribution in [3.8, 4) is 17.1 Å². The van der Waals surface area contributed by atoms with Gasteiger partial charge in [-0.1, -0.05) is 94.9 Å². The van der Waals surface area contributed by atoms with Gasteiger partial charge >= 0.3 is 0 Å². The van der Waals surface area contributed by atoms with Gasteiger partial charge in [0, 0.05) is 47.4 Å². The molecule has 0 saturated carbocycles. The van der Waals surface area contributed by atoms with E-state index >= 15 is 0 Å². The smallest absolute Gasteiger partial charge is 0.294 e. The van der Waals surface area contributed by atoms with E-state index in [2.05, 4.69) is 195 Å². The highest BCUT2D eigenvalue weighted by Gasteiger charge is 2.45. The third-order valence-electron chi connectivity index (χ3n) is 11.3. The molecule has 5 nitrogen and oxygen atoms in total. The number of para-hydroxylation sites is 2. The minimum Gasteiger partial charge on any atom is -0.450 e. The lowest BCUT2D eigenvalue weighted by Crippen LogP contribution is -2.46. The van der Waals surface area contributed by atoms with E-state index in [0.29, 0.717) is 14.5 Å². The molecule has 4 aromatic carbocycles. The number of halogens is 1.